The van der Waals surface area contributed by atoms with E-state index in [0.29, 0.717) is 0 Å². The molecule has 0 amide bonds. The van der Waals surface area contributed by atoms with Gasteiger partial charge in [-0.1, -0.05) is 151 Å². The molecule has 0 radical (unpaired) electrons. The van der Waals surface area contributed by atoms with Crippen LogP contribution in [0.3, 0.4) is 0 Å². The van der Waals surface area contributed by atoms with E-state index in [4.69, 9.17) is 0 Å². The first kappa shape index (κ1) is 29.1. The molecular weight excluding hydrogens is 555 g/mol. The largest absolute Gasteiger partial charge is 0.345 e. The molecule has 0 saturated carbocycles. The zero-order valence-corrected chi connectivity index (χ0v) is 26.4. The third-order valence-electron chi connectivity index (χ3n) is 8.83. The minimum absolute atomic E-state index is 0.848. The van der Waals surface area contributed by atoms with E-state index in [1.165, 1.54) is 72.2 Å². The average Bonchev–Trinajstić information content (AvgIpc) is 3.12. The molecule has 0 fully saturated rings. The van der Waals surface area contributed by atoms with Gasteiger partial charge < -0.3 is 4.90 Å². The van der Waals surface area contributed by atoms with Crippen molar-refractivity contribution in [3.8, 4) is 22.3 Å². The van der Waals surface area contributed by atoms with Crippen molar-refractivity contribution in [2.24, 2.45) is 0 Å². The first-order valence-corrected chi connectivity index (χ1v) is 15.9. The highest BCUT2D eigenvalue weighted by molar-refractivity contribution is 5.89. The molecule has 0 aliphatic heterocycles. The van der Waals surface area contributed by atoms with Gasteiger partial charge in [-0.15, -0.1) is 0 Å². The normalized spacial score (nSPS) is 11.5. The SMILES string of the molecule is Cc1ccc(N(C)c2ccc(-c3ccc(/C(=C\c4ccc5ccccc5c4)Cc4ccc(-c5ccccc5)cc4)cc3)cc2)cc1. The lowest BCUT2D eigenvalue weighted by Crippen LogP contribution is -2.08. The fourth-order valence-corrected chi connectivity index (χ4v) is 6.07. The summed E-state index contributed by atoms with van der Waals surface area (Å²) in [5, 5.41) is 2.52. The van der Waals surface area contributed by atoms with E-state index in [9.17, 15) is 0 Å². The van der Waals surface area contributed by atoms with Gasteiger partial charge in [0.1, 0.15) is 0 Å². The summed E-state index contributed by atoms with van der Waals surface area (Å²) in [7, 11) is 2.12. The van der Waals surface area contributed by atoms with E-state index in [2.05, 4.69) is 195 Å². The Morgan fingerprint density at radius 2 is 1.02 bits per heavy atom. The molecule has 0 N–H and O–H groups in total. The maximum Gasteiger partial charge on any atom is 0.0408 e. The molecule has 1 nitrogen and oxygen atoms in total. The van der Waals surface area contributed by atoms with E-state index in [1.807, 2.05) is 0 Å². The smallest absolute Gasteiger partial charge is 0.0408 e. The van der Waals surface area contributed by atoms with Gasteiger partial charge >= 0.3 is 0 Å². The Kier molecular flexibility index (Phi) is 8.30. The zero-order valence-electron chi connectivity index (χ0n) is 26.4. The van der Waals surface area contributed by atoms with Crippen molar-refractivity contribution in [1.82, 2.24) is 0 Å². The van der Waals surface area contributed by atoms with E-state index >= 15 is 0 Å². The molecule has 0 aliphatic rings. The Labute approximate surface area is 272 Å². The highest BCUT2D eigenvalue weighted by Gasteiger charge is 2.09. The first-order chi connectivity index (χ1) is 22.6. The van der Waals surface area contributed by atoms with Crippen molar-refractivity contribution < 1.29 is 0 Å². The summed E-state index contributed by atoms with van der Waals surface area (Å²) >= 11 is 0. The monoisotopic (exact) mass is 591 g/mol. The number of benzene rings is 7. The highest BCUT2D eigenvalue weighted by Crippen LogP contribution is 2.31. The number of nitrogens with zero attached hydrogens (tertiary/aromatic N) is 1. The van der Waals surface area contributed by atoms with Gasteiger partial charge in [0.15, 0.2) is 0 Å². The summed E-state index contributed by atoms with van der Waals surface area (Å²) in [5.74, 6) is 0. The maximum atomic E-state index is 2.35. The van der Waals surface area contributed by atoms with Crippen LogP contribution in [0.5, 0.6) is 0 Å². The molecule has 7 aromatic carbocycles. The second-order valence-corrected chi connectivity index (χ2v) is 12.0. The van der Waals surface area contributed by atoms with Gasteiger partial charge in [0.25, 0.3) is 0 Å². The van der Waals surface area contributed by atoms with Crippen LogP contribution < -0.4 is 4.90 Å². The van der Waals surface area contributed by atoms with Gasteiger partial charge in [0.05, 0.1) is 0 Å². The fourth-order valence-electron chi connectivity index (χ4n) is 6.07. The lowest BCUT2D eigenvalue weighted by atomic mass is 9.93. The van der Waals surface area contributed by atoms with E-state index in [1.54, 1.807) is 0 Å². The van der Waals surface area contributed by atoms with Crippen molar-refractivity contribution >= 4 is 33.8 Å². The van der Waals surface area contributed by atoms with Crippen LogP contribution in [0.2, 0.25) is 0 Å². The zero-order chi connectivity index (χ0) is 31.3. The van der Waals surface area contributed by atoms with Crippen molar-refractivity contribution in [2.75, 3.05) is 11.9 Å². The lowest BCUT2D eigenvalue weighted by Gasteiger charge is -2.20. The summed E-state index contributed by atoms with van der Waals surface area (Å²) in [4.78, 5) is 2.22. The molecule has 7 rings (SSSR count). The second-order valence-electron chi connectivity index (χ2n) is 12.0. The minimum atomic E-state index is 0.848. The molecule has 0 atom stereocenters. The third-order valence-corrected chi connectivity index (χ3v) is 8.83. The molecule has 46 heavy (non-hydrogen) atoms. The van der Waals surface area contributed by atoms with Crippen LogP contribution in [0.15, 0.2) is 170 Å². The Morgan fingerprint density at radius 3 is 1.67 bits per heavy atom. The Balaban J connectivity index is 1.17. The molecule has 222 valence electrons. The molecule has 0 aromatic heterocycles. The molecule has 0 saturated heterocycles. The van der Waals surface area contributed by atoms with Crippen LogP contribution in [0.25, 0.3) is 44.7 Å². The maximum absolute atomic E-state index is 2.35. The van der Waals surface area contributed by atoms with Crippen molar-refractivity contribution in [1.29, 1.82) is 0 Å². The third kappa shape index (κ3) is 6.55. The fraction of sp³-hybridized carbons (Fsp3) is 0.0667. The molecule has 7 aromatic rings. The van der Waals surface area contributed by atoms with Gasteiger partial charge in [-0.05, 0) is 99.0 Å². The minimum Gasteiger partial charge on any atom is -0.345 e. The van der Waals surface area contributed by atoms with Crippen molar-refractivity contribution in [3.05, 3.63) is 192 Å². The van der Waals surface area contributed by atoms with Gasteiger partial charge in [0, 0.05) is 18.4 Å². The van der Waals surface area contributed by atoms with Crippen LogP contribution in [-0.4, -0.2) is 7.05 Å². The second kappa shape index (κ2) is 13.1. The number of fused-ring (bicyclic) bond motifs is 1. The highest BCUT2D eigenvalue weighted by atomic mass is 15.1. The molecule has 0 bridgehead atoms. The van der Waals surface area contributed by atoms with Crippen LogP contribution in [0.1, 0.15) is 22.3 Å². The quantitative estimate of drug-likeness (QED) is 0.159. The van der Waals surface area contributed by atoms with Crippen LogP contribution in [-0.2, 0) is 6.42 Å². The van der Waals surface area contributed by atoms with Crippen molar-refractivity contribution in [2.45, 2.75) is 13.3 Å². The predicted molar refractivity (Wildman–Crippen MR) is 199 cm³/mol. The number of aryl methyl sites for hydroxylation is 1. The van der Waals surface area contributed by atoms with E-state index < -0.39 is 0 Å². The Bertz CT molecular complexity index is 2090. The van der Waals surface area contributed by atoms with E-state index in [-0.39, 0.29) is 0 Å². The summed E-state index contributed by atoms with van der Waals surface area (Å²) < 4.78 is 0. The van der Waals surface area contributed by atoms with Crippen LogP contribution in [0.4, 0.5) is 11.4 Å². The molecule has 0 aliphatic carbocycles. The standard InChI is InChI=1S/C45H37N/c1-33-12-26-44(27-13-33)46(2)45-28-24-40(25-29-45)39-20-22-41(23-21-39)43(32-35-16-19-37-10-6-7-11-42(37)31-35)30-34-14-17-38(18-15-34)36-8-4-3-5-9-36/h3-29,31-32H,30H2,1-2H3/b43-32-. The van der Waals surface area contributed by atoms with Crippen LogP contribution >= 0.6 is 0 Å². The van der Waals surface area contributed by atoms with Crippen LogP contribution in [0, 0.1) is 6.92 Å². The summed E-state index contributed by atoms with van der Waals surface area (Å²) in [6.07, 6.45) is 3.20. The van der Waals surface area contributed by atoms with Gasteiger partial charge in [-0.2, -0.15) is 0 Å². The summed E-state index contributed by atoms with van der Waals surface area (Å²) in [6.45, 7) is 2.12. The van der Waals surface area contributed by atoms with E-state index in [0.717, 1.165) is 6.42 Å². The molecular formula is C45H37N. The number of rotatable bonds is 8. The molecule has 0 heterocycles. The molecule has 0 unspecified atom stereocenters. The lowest BCUT2D eigenvalue weighted by molar-refractivity contribution is 1.20. The Morgan fingerprint density at radius 1 is 0.500 bits per heavy atom. The van der Waals surface area contributed by atoms with Crippen molar-refractivity contribution in [3.63, 3.8) is 0 Å². The summed E-state index contributed by atoms with van der Waals surface area (Å²) in [6, 6.07) is 61.4. The molecule has 0 spiro atoms. The average molecular weight is 592 g/mol. The predicted octanol–water partition coefficient (Wildman–Crippen LogP) is 12.0. The van der Waals surface area contributed by atoms with Gasteiger partial charge in [-0.3, -0.25) is 0 Å². The Hall–Kier alpha value is -5.66. The number of allylic oxidation sites excluding steroid dienone is 1. The number of anilines is 2. The van der Waals surface area contributed by atoms with Gasteiger partial charge in [-0.25, -0.2) is 0 Å². The molecule has 1 heteroatoms. The number of hydrogen-bond donors (Lipinski definition) is 0. The first-order valence-electron chi connectivity index (χ1n) is 15.9. The summed E-state index contributed by atoms with van der Waals surface area (Å²) in [5.41, 5.74) is 13.6. The van der Waals surface area contributed by atoms with Gasteiger partial charge in [0.2, 0.25) is 0 Å². The number of hydrogen-bond acceptors (Lipinski definition) is 1. The topological polar surface area (TPSA) is 3.24 Å².